The number of allylic oxidation sites excluding steroid dienone is 4. The summed E-state index contributed by atoms with van der Waals surface area (Å²) in [5.41, 5.74) is 3.17. The Morgan fingerprint density at radius 1 is 1.00 bits per heavy atom. The van der Waals surface area contributed by atoms with Crippen LogP contribution < -0.4 is 0 Å². The van der Waals surface area contributed by atoms with Gasteiger partial charge in [-0.05, 0) is 80.0 Å². The number of carbonyl (C=O) groups is 1. The molecule has 0 aromatic heterocycles. The standard InChI is InChI=1S/C29H43NO/c1-19(2)20(3)7-8-21(4)24-9-10-25-23-12-16-29(18-30)17-22(31)11-15-28(29,6)26(23)13-14-27(24,25)5/h7-8,19-21,24-25H,9-17H2,1-6H3/b8-7+/t20-,21+,24+,25-,27+,28+,29+/m0/s1. The molecule has 0 N–H and O–H groups in total. The summed E-state index contributed by atoms with van der Waals surface area (Å²) < 4.78 is 0. The highest BCUT2D eigenvalue weighted by molar-refractivity contribution is 5.81. The second-order valence-corrected chi connectivity index (χ2v) is 12.3. The molecule has 2 nitrogen and oxygen atoms in total. The number of fused-ring (bicyclic) bond motifs is 4. The highest BCUT2D eigenvalue weighted by Gasteiger charge is 2.60. The molecule has 0 spiro atoms. The molecule has 0 aromatic rings. The minimum atomic E-state index is -0.448. The van der Waals surface area contributed by atoms with E-state index in [1.165, 1.54) is 19.3 Å². The van der Waals surface area contributed by atoms with Crippen molar-refractivity contribution in [1.82, 2.24) is 0 Å². The van der Waals surface area contributed by atoms with Crippen LogP contribution in [0.4, 0.5) is 0 Å². The molecular weight excluding hydrogens is 378 g/mol. The molecule has 0 unspecified atom stereocenters. The molecule has 4 rings (SSSR count). The van der Waals surface area contributed by atoms with Gasteiger partial charge < -0.3 is 0 Å². The van der Waals surface area contributed by atoms with E-state index in [-0.39, 0.29) is 5.41 Å². The molecule has 4 aliphatic carbocycles. The average molecular weight is 422 g/mol. The van der Waals surface area contributed by atoms with Crippen LogP contribution in [0, 0.1) is 57.2 Å². The van der Waals surface area contributed by atoms with E-state index in [1.54, 1.807) is 11.1 Å². The topological polar surface area (TPSA) is 40.9 Å². The lowest BCUT2D eigenvalue weighted by atomic mass is 9.45. The van der Waals surface area contributed by atoms with Gasteiger partial charge in [0.2, 0.25) is 0 Å². The fraction of sp³-hybridized carbons (Fsp3) is 0.793. The van der Waals surface area contributed by atoms with Gasteiger partial charge in [0.05, 0.1) is 11.5 Å². The van der Waals surface area contributed by atoms with Crippen molar-refractivity contribution < 1.29 is 4.79 Å². The fourth-order valence-electron chi connectivity index (χ4n) is 8.11. The van der Waals surface area contributed by atoms with Gasteiger partial charge in [0.25, 0.3) is 0 Å². The van der Waals surface area contributed by atoms with Crippen LogP contribution in [-0.2, 0) is 4.79 Å². The van der Waals surface area contributed by atoms with Crippen molar-refractivity contribution >= 4 is 5.78 Å². The summed E-state index contributed by atoms with van der Waals surface area (Å²) in [7, 11) is 0. The summed E-state index contributed by atoms with van der Waals surface area (Å²) in [6.45, 7) is 14.3. The maximum Gasteiger partial charge on any atom is 0.134 e. The predicted molar refractivity (Wildman–Crippen MR) is 127 cm³/mol. The van der Waals surface area contributed by atoms with Gasteiger partial charge in [-0.25, -0.2) is 0 Å². The summed E-state index contributed by atoms with van der Waals surface area (Å²) in [4.78, 5) is 12.3. The van der Waals surface area contributed by atoms with Gasteiger partial charge in [-0.15, -0.1) is 0 Å². The van der Waals surface area contributed by atoms with Crippen molar-refractivity contribution in [2.45, 2.75) is 99.3 Å². The number of Topliss-reactive ketones (excluding diaryl/α,β-unsaturated/α-hetero) is 1. The van der Waals surface area contributed by atoms with Crippen molar-refractivity contribution in [2.75, 3.05) is 0 Å². The summed E-state index contributed by atoms with van der Waals surface area (Å²) in [5.74, 6) is 3.71. The van der Waals surface area contributed by atoms with Crippen LogP contribution in [0.5, 0.6) is 0 Å². The second kappa shape index (κ2) is 7.90. The van der Waals surface area contributed by atoms with E-state index in [0.29, 0.717) is 47.7 Å². The fourth-order valence-corrected chi connectivity index (χ4v) is 8.11. The molecule has 0 aliphatic heterocycles. The van der Waals surface area contributed by atoms with Gasteiger partial charge in [-0.3, -0.25) is 4.79 Å². The van der Waals surface area contributed by atoms with Crippen molar-refractivity contribution in [3.8, 4) is 6.07 Å². The van der Waals surface area contributed by atoms with Crippen molar-refractivity contribution in [3.63, 3.8) is 0 Å². The van der Waals surface area contributed by atoms with Crippen molar-refractivity contribution in [2.24, 2.45) is 45.8 Å². The quantitative estimate of drug-likeness (QED) is 0.437. The summed E-state index contributed by atoms with van der Waals surface area (Å²) in [5, 5.41) is 10.2. The number of nitriles is 1. The average Bonchev–Trinajstić information content (AvgIpc) is 3.09. The Hall–Kier alpha value is -1.36. The molecular formula is C29H43NO. The molecule has 0 aromatic carbocycles. The maximum absolute atomic E-state index is 12.3. The lowest BCUT2D eigenvalue weighted by molar-refractivity contribution is -0.127. The Morgan fingerprint density at radius 3 is 2.42 bits per heavy atom. The number of nitrogens with zero attached hydrogens (tertiary/aromatic N) is 1. The third-order valence-corrected chi connectivity index (χ3v) is 10.7. The molecule has 2 fully saturated rings. The molecule has 0 bridgehead atoms. The van der Waals surface area contributed by atoms with Crippen molar-refractivity contribution in [3.05, 3.63) is 23.3 Å². The zero-order valence-electron chi connectivity index (χ0n) is 20.8. The van der Waals surface area contributed by atoms with E-state index in [2.05, 4.69) is 59.8 Å². The first-order chi connectivity index (χ1) is 14.6. The van der Waals surface area contributed by atoms with Crippen molar-refractivity contribution in [1.29, 1.82) is 5.26 Å². The Bertz CT molecular complexity index is 843. The van der Waals surface area contributed by atoms with E-state index in [4.69, 9.17) is 0 Å². The molecule has 0 amide bonds. The molecule has 0 saturated heterocycles. The molecule has 170 valence electrons. The first-order valence-electron chi connectivity index (χ1n) is 12.9. The third-order valence-electron chi connectivity index (χ3n) is 10.7. The zero-order valence-corrected chi connectivity index (χ0v) is 20.8. The lowest BCUT2D eigenvalue weighted by Crippen LogP contribution is -2.51. The molecule has 0 heterocycles. The first-order valence-corrected chi connectivity index (χ1v) is 12.9. The summed E-state index contributed by atoms with van der Waals surface area (Å²) in [6.07, 6.45) is 14.0. The SMILES string of the molecule is CC(C)[C@@H](C)/C=C/[C@@H](C)[C@H]1CC[C@H]2C3=C(CC[C@]12C)[C@@]1(C)CCC(=O)C[C@@]1(C#N)CC3. The molecule has 7 atom stereocenters. The van der Waals surface area contributed by atoms with Gasteiger partial charge in [0.1, 0.15) is 5.78 Å². The van der Waals surface area contributed by atoms with E-state index >= 15 is 0 Å². The largest absolute Gasteiger partial charge is 0.300 e. The lowest BCUT2D eigenvalue weighted by Gasteiger charge is -2.57. The van der Waals surface area contributed by atoms with E-state index in [0.717, 1.165) is 31.6 Å². The van der Waals surface area contributed by atoms with Gasteiger partial charge >= 0.3 is 0 Å². The highest BCUT2D eigenvalue weighted by atomic mass is 16.1. The number of hydrogen-bond acceptors (Lipinski definition) is 2. The first kappa shape index (κ1) is 22.8. The summed E-state index contributed by atoms with van der Waals surface area (Å²) >= 11 is 0. The number of ketones is 1. The Kier molecular flexibility index (Phi) is 5.81. The molecule has 4 aliphatic rings. The Balaban J connectivity index is 1.63. The molecule has 0 radical (unpaired) electrons. The smallest absolute Gasteiger partial charge is 0.134 e. The minimum Gasteiger partial charge on any atom is -0.300 e. The van der Waals surface area contributed by atoms with Crippen LogP contribution in [0.1, 0.15) is 99.3 Å². The number of rotatable bonds is 4. The highest BCUT2D eigenvalue weighted by Crippen LogP contribution is 2.68. The Morgan fingerprint density at radius 2 is 1.74 bits per heavy atom. The predicted octanol–water partition coefficient (Wildman–Crippen LogP) is 7.66. The second-order valence-electron chi connectivity index (χ2n) is 12.3. The van der Waals surface area contributed by atoms with Gasteiger partial charge in [0, 0.05) is 18.3 Å². The molecule has 2 heteroatoms. The number of carbonyl (C=O) groups excluding carboxylic acids is 1. The van der Waals surface area contributed by atoms with Gasteiger partial charge in [-0.1, -0.05) is 64.8 Å². The van der Waals surface area contributed by atoms with Crippen LogP contribution in [0.3, 0.4) is 0 Å². The molecule has 31 heavy (non-hydrogen) atoms. The van der Waals surface area contributed by atoms with Crippen LogP contribution in [0.15, 0.2) is 23.3 Å². The normalized spacial score (nSPS) is 42.2. The zero-order chi connectivity index (χ0) is 22.6. The van der Waals surface area contributed by atoms with Crippen LogP contribution in [-0.4, -0.2) is 5.78 Å². The van der Waals surface area contributed by atoms with E-state index in [9.17, 15) is 10.1 Å². The third kappa shape index (κ3) is 3.37. The van der Waals surface area contributed by atoms with Crippen LogP contribution >= 0.6 is 0 Å². The minimum absolute atomic E-state index is 0.0825. The van der Waals surface area contributed by atoms with E-state index in [1.807, 2.05) is 0 Å². The molecule has 2 saturated carbocycles. The summed E-state index contributed by atoms with van der Waals surface area (Å²) in [6, 6.07) is 2.69. The number of hydrogen-bond donors (Lipinski definition) is 0. The van der Waals surface area contributed by atoms with Gasteiger partial charge in [0.15, 0.2) is 0 Å². The van der Waals surface area contributed by atoms with Crippen LogP contribution in [0.2, 0.25) is 0 Å². The van der Waals surface area contributed by atoms with Crippen LogP contribution in [0.25, 0.3) is 0 Å². The monoisotopic (exact) mass is 421 g/mol. The van der Waals surface area contributed by atoms with Gasteiger partial charge in [-0.2, -0.15) is 5.26 Å². The van der Waals surface area contributed by atoms with E-state index < -0.39 is 5.41 Å². The Labute approximate surface area is 190 Å². The maximum atomic E-state index is 12.3.